The Kier molecular flexibility index (Phi) is 17.2. The predicted octanol–water partition coefficient (Wildman–Crippen LogP) is 5.29. The van der Waals surface area contributed by atoms with Crippen molar-refractivity contribution in [3.63, 3.8) is 0 Å². The highest BCUT2D eigenvalue weighted by Crippen LogP contribution is 2.34. The molecule has 0 aliphatic rings. The minimum Gasteiger partial charge on any atom is -0.481 e. The maximum absolute atomic E-state index is 12.0. The van der Waals surface area contributed by atoms with Crippen LogP contribution in [-0.4, -0.2) is 48.6 Å². The number of hydrogen-bond donors (Lipinski definition) is 2. The van der Waals surface area contributed by atoms with Crippen LogP contribution in [0, 0.1) is 5.41 Å². The summed E-state index contributed by atoms with van der Waals surface area (Å²) in [6.07, 6.45) is 10.4. The fourth-order valence-electron chi connectivity index (χ4n) is 3.27. The summed E-state index contributed by atoms with van der Waals surface area (Å²) in [5.41, 5.74) is -0.970. The van der Waals surface area contributed by atoms with Gasteiger partial charge in [0.15, 0.2) is 0 Å². The lowest BCUT2D eigenvalue weighted by atomic mass is 9.77. The number of hydrogen-bond acceptors (Lipinski definition) is 4. The Morgan fingerprint density at radius 3 is 1.57 bits per heavy atom. The van der Waals surface area contributed by atoms with Gasteiger partial charge in [-0.2, -0.15) is 0 Å². The van der Waals surface area contributed by atoms with Crippen LogP contribution in [0.25, 0.3) is 0 Å². The second-order valence-electron chi connectivity index (χ2n) is 7.68. The van der Waals surface area contributed by atoms with Gasteiger partial charge in [0.1, 0.15) is 0 Å². The van der Waals surface area contributed by atoms with E-state index in [1.54, 1.807) is 0 Å². The second kappa shape index (κ2) is 17.9. The third-order valence-electron chi connectivity index (χ3n) is 5.23. The zero-order valence-corrected chi connectivity index (χ0v) is 18.0. The summed E-state index contributed by atoms with van der Waals surface area (Å²) >= 11 is 0. The summed E-state index contributed by atoms with van der Waals surface area (Å²) in [5.74, 6) is -1.76. The lowest BCUT2D eigenvalue weighted by Gasteiger charge is -2.29. The number of carboxylic acids is 2. The summed E-state index contributed by atoms with van der Waals surface area (Å²) < 4.78 is 11.3. The first-order valence-electron chi connectivity index (χ1n) is 11.1. The van der Waals surface area contributed by atoms with Crippen LogP contribution in [0.2, 0.25) is 0 Å². The van der Waals surface area contributed by atoms with Crippen LogP contribution in [0.15, 0.2) is 0 Å². The van der Waals surface area contributed by atoms with Crippen LogP contribution in [-0.2, 0) is 19.1 Å². The van der Waals surface area contributed by atoms with Gasteiger partial charge in [-0.05, 0) is 38.5 Å². The number of rotatable bonds is 21. The van der Waals surface area contributed by atoms with Gasteiger partial charge in [-0.1, -0.05) is 52.4 Å². The van der Waals surface area contributed by atoms with E-state index in [9.17, 15) is 14.7 Å². The molecule has 0 spiro atoms. The minimum atomic E-state index is -0.970. The molecular formula is C22H42O6. The first-order chi connectivity index (χ1) is 13.5. The molecule has 166 valence electrons. The average molecular weight is 403 g/mol. The van der Waals surface area contributed by atoms with Gasteiger partial charge in [-0.15, -0.1) is 0 Å². The number of carboxylic acid groups (broad SMARTS) is 2. The van der Waals surface area contributed by atoms with Gasteiger partial charge in [0.05, 0.1) is 5.41 Å². The molecule has 0 aromatic rings. The van der Waals surface area contributed by atoms with E-state index in [1.807, 2.05) is 0 Å². The third-order valence-corrected chi connectivity index (χ3v) is 5.23. The zero-order valence-electron chi connectivity index (χ0n) is 18.0. The van der Waals surface area contributed by atoms with Crippen molar-refractivity contribution in [1.82, 2.24) is 0 Å². The summed E-state index contributed by atoms with van der Waals surface area (Å²) in [7, 11) is 0. The number of carbonyl (C=O) groups is 2. The van der Waals surface area contributed by atoms with E-state index in [4.69, 9.17) is 14.6 Å². The SMILES string of the molecule is CCCCCCOCCC(CCCC(=O)O)(CCOCCCCCC)C(=O)O. The van der Waals surface area contributed by atoms with E-state index >= 15 is 0 Å². The molecule has 0 fully saturated rings. The fraction of sp³-hybridized carbons (Fsp3) is 0.909. The van der Waals surface area contributed by atoms with Gasteiger partial charge in [0.25, 0.3) is 0 Å². The first kappa shape index (κ1) is 26.9. The zero-order chi connectivity index (χ0) is 21.1. The molecule has 0 aliphatic heterocycles. The molecule has 0 saturated carbocycles. The maximum Gasteiger partial charge on any atom is 0.309 e. The number of ether oxygens (including phenoxy) is 2. The molecule has 0 saturated heterocycles. The van der Waals surface area contributed by atoms with Crippen molar-refractivity contribution >= 4 is 11.9 Å². The lowest BCUT2D eigenvalue weighted by Crippen LogP contribution is -2.34. The molecule has 28 heavy (non-hydrogen) atoms. The van der Waals surface area contributed by atoms with Crippen molar-refractivity contribution in [2.45, 2.75) is 97.3 Å². The quantitative estimate of drug-likeness (QED) is 0.254. The van der Waals surface area contributed by atoms with Gasteiger partial charge in [0.2, 0.25) is 0 Å². The molecule has 0 radical (unpaired) electrons. The van der Waals surface area contributed by atoms with Crippen molar-refractivity contribution < 1.29 is 29.3 Å². The molecule has 0 heterocycles. The van der Waals surface area contributed by atoms with Crippen molar-refractivity contribution in [3.8, 4) is 0 Å². The monoisotopic (exact) mass is 402 g/mol. The smallest absolute Gasteiger partial charge is 0.309 e. The van der Waals surface area contributed by atoms with Crippen LogP contribution < -0.4 is 0 Å². The Morgan fingerprint density at radius 1 is 0.679 bits per heavy atom. The van der Waals surface area contributed by atoms with Gasteiger partial charge >= 0.3 is 11.9 Å². The van der Waals surface area contributed by atoms with Crippen molar-refractivity contribution in [1.29, 1.82) is 0 Å². The van der Waals surface area contributed by atoms with Crippen LogP contribution in [0.3, 0.4) is 0 Å². The van der Waals surface area contributed by atoms with E-state index < -0.39 is 17.4 Å². The topological polar surface area (TPSA) is 93.1 Å². The van der Waals surface area contributed by atoms with Gasteiger partial charge in [-0.25, -0.2) is 0 Å². The molecule has 0 atom stereocenters. The molecule has 6 heteroatoms. The van der Waals surface area contributed by atoms with Crippen molar-refractivity contribution in [3.05, 3.63) is 0 Å². The lowest BCUT2D eigenvalue weighted by molar-refractivity contribution is -0.153. The standard InChI is InChI=1S/C22H42O6/c1-3-5-7-9-16-27-18-14-22(21(25)26,13-11-12-20(23)24)15-19-28-17-10-8-6-4-2/h3-19H2,1-2H3,(H,23,24)(H,25,26). The molecule has 2 N–H and O–H groups in total. The Hall–Kier alpha value is -1.14. The van der Waals surface area contributed by atoms with E-state index in [1.165, 1.54) is 25.7 Å². The van der Waals surface area contributed by atoms with Crippen molar-refractivity contribution in [2.75, 3.05) is 26.4 Å². The Balaban J connectivity index is 4.46. The second-order valence-corrected chi connectivity index (χ2v) is 7.68. The van der Waals surface area contributed by atoms with Crippen LogP contribution >= 0.6 is 0 Å². The highest BCUT2D eigenvalue weighted by atomic mass is 16.5. The molecule has 0 bridgehead atoms. The molecule has 0 unspecified atom stereocenters. The van der Waals surface area contributed by atoms with Crippen molar-refractivity contribution in [2.24, 2.45) is 5.41 Å². The maximum atomic E-state index is 12.0. The van der Waals surface area contributed by atoms with E-state index in [-0.39, 0.29) is 6.42 Å². The van der Waals surface area contributed by atoms with Crippen LogP contribution in [0.4, 0.5) is 0 Å². The van der Waals surface area contributed by atoms with Gasteiger partial charge in [0, 0.05) is 32.8 Å². The molecule has 0 aliphatic carbocycles. The van der Waals surface area contributed by atoms with E-state index in [0.29, 0.717) is 52.1 Å². The normalized spacial score (nSPS) is 11.6. The Bertz CT molecular complexity index is 378. The Labute approximate surface area is 171 Å². The molecule has 0 aromatic carbocycles. The Morgan fingerprint density at radius 2 is 1.18 bits per heavy atom. The van der Waals surface area contributed by atoms with E-state index in [2.05, 4.69) is 13.8 Å². The van der Waals surface area contributed by atoms with Gasteiger partial charge in [-0.3, -0.25) is 9.59 Å². The molecule has 0 amide bonds. The average Bonchev–Trinajstić information content (AvgIpc) is 2.65. The molecule has 0 aromatic heterocycles. The molecule has 6 nitrogen and oxygen atoms in total. The third kappa shape index (κ3) is 13.9. The first-order valence-corrected chi connectivity index (χ1v) is 11.1. The summed E-state index contributed by atoms with van der Waals surface area (Å²) in [6.45, 7) is 6.40. The van der Waals surface area contributed by atoms with Crippen LogP contribution in [0.1, 0.15) is 97.3 Å². The number of aliphatic carboxylic acids is 2. The van der Waals surface area contributed by atoms with Crippen LogP contribution in [0.5, 0.6) is 0 Å². The highest BCUT2D eigenvalue weighted by Gasteiger charge is 2.37. The van der Waals surface area contributed by atoms with Gasteiger partial charge < -0.3 is 19.7 Å². The minimum absolute atomic E-state index is 0.00915. The predicted molar refractivity (Wildman–Crippen MR) is 111 cm³/mol. The largest absolute Gasteiger partial charge is 0.481 e. The fourth-order valence-corrected chi connectivity index (χ4v) is 3.27. The van der Waals surface area contributed by atoms with E-state index in [0.717, 1.165) is 25.7 Å². The summed E-state index contributed by atoms with van der Waals surface area (Å²) in [6, 6.07) is 0. The molecule has 0 rings (SSSR count). The highest BCUT2D eigenvalue weighted by molar-refractivity contribution is 5.74. The summed E-state index contributed by atoms with van der Waals surface area (Å²) in [4.78, 5) is 22.9. The summed E-state index contributed by atoms with van der Waals surface area (Å²) in [5, 5.41) is 18.8. The number of unbranched alkanes of at least 4 members (excludes halogenated alkanes) is 6. The molecular weight excluding hydrogens is 360 g/mol.